The normalized spacial score (nSPS) is 15.6. The highest BCUT2D eigenvalue weighted by atomic mass is 32.1. The highest BCUT2D eigenvalue weighted by Crippen LogP contribution is 2.19. The van der Waals surface area contributed by atoms with Crippen LogP contribution in [0.4, 0.5) is 5.69 Å². The minimum atomic E-state index is 1.08. The van der Waals surface area contributed by atoms with E-state index in [0.29, 0.717) is 0 Å². The van der Waals surface area contributed by atoms with Crippen molar-refractivity contribution in [1.82, 2.24) is 24.6 Å². The summed E-state index contributed by atoms with van der Waals surface area (Å²) in [4.78, 5) is 10.8. The first-order valence-electron chi connectivity index (χ1n) is 8.61. The quantitative estimate of drug-likeness (QED) is 0.704. The zero-order valence-electron chi connectivity index (χ0n) is 14.4. The summed E-state index contributed by atoms with van der Waals surface area (Å²) in [6.45, 7) is 7.62. The van der Waals surface area contributed by atoms with Crippen LogP contribution in [0.15, 0.2) is 42.4 Å². The van der Waals surface area contributed by atoms with Gasteiger partial charge < -0.3 is 4.90 Å². The van der Waals surface area contributed by atoms with Gasteiger partial charge in [-0.3, -0.25) is 9.47 Å². The van der Waals surface area contributed by atoms with Crippen LogP contribution in [-0.4, -0.2) is 57.4 Å². The van der Waals surface area contributed by atoms with Gasteiger partial charge in [0.25, 0.3) is 0 Å². The van der Waals surface area contributed by atoms with Crippen molar-refractivity contribution in [3.05, 3.63) is 53.0 Å². The summed E-state index contributed by atoms with van der Waals surface area (Å²) in [5.41, 5.74) is 5.52. The SMILES string of the molecule is Cc1ncsc1CCN1CCN(c2ccc(-n3cnnc3)cc2)CC1. The third kappa shape index (κ3) is 3.72. The van der Waals surface area contributed by atoms with Gasteiger partial charge in [-0.05, 0) is 37.6 Å². The van der Waals surface area contributed by atoms with E-state index in [1.165, 1.54) is 16.3 Å². The molecule has 4 rings (SSSR count). The maximum Gasteiger partial charge on any atom is 0.123 e. The average molecular weight is 354 g/mol. The van der Waals surface area contributed by atoms with E-state index in [1.54, 1.807) is 24.0 Å². The third-order valence-electron chi connectivity index (χ3n) is 4.80. The minimum Gasteiger partial charge on any atom is -0.369 e. The summed E-state index contributed by atoms with van der Waals surface area (Å²) >= 11 is 1.78. The summed E-state index contributed by atoms with van der Waals surface area (Å²) in [5, 5.41) is 7.71. The molecule has 0 spiro atoms. The molecule has 3 heterocycles. The molecule has 0 N–H and O–H groups in total. The lowest BCUT2D eigenvalue weighted by molar-refractivity contribution is 0.261. The van der Waals surface area contributed by atoms with E-state index in [9.17, 15) is 0 Å². The van der Waals surface area contributed by atoms with Crippen LogP contribution in [0.25, 0.3) is 5.69 Å². The molecule has 1 aromatic carbocycles. The number of aromatic nitrogens is 4. The predicted molar refractivity (Wildman–Crippen MR) is 101 cm³/mol. The number of thiazole rings is 1. The van der Waals surface area contributed by atoms with Crippen LogP contribution in [0.3, 0.4) is 0 Å². The second-order valence-corrected chi connectivity index (χ2v) is 7.26. The maximum absolute atomic E-state index is 4.34. The number of piperazine rings is 1. The first-order chi connectivity index (χ1) is 12.3. The van der Waals surface area contributed by atoms with E-state index in [-0.39, 0.29) is 0 Å². The van der Waals surface area contributed by atoms with Crippen LogP contribution in [-0.2, 0) is 6.42 Å². The Hall–Kier alpha value is -2.25. The van der Waals surface area contributed by atoms with Crippen molar-refractivity contribution < 1.29 is 0 Å². The number of hydrogen-bond acceptors (Lipinski definition) is 6. The zero-order valence-corrected chi connectivity index (χ0v) is 15.2. The fraction of sp³-hybridized carbons (Fsp3) is 0.389. The number of nitrogens with zero attached hydrogens (tertiary/aromatic N) is 6. The second kappa shape index (κ2) is 7.33. The van der Waals surface area contributed by atoms with E-state index in [2.05, 4.69) is 56.2 Å². The first kappa shape index (κ1) is 16.2. The van der Waals surface area contributed by atoms with Gasteiger partial charge in [0, 0.05) is 49.0 Å². The summed E-state index contributed by atoms with van der Waals surface area (Å²) in [6, 6.07) is 8.62. The van der Waals surface area contributed by atoms with Crippen LogP contribution in [0, 0.1) is 6.92 Å². The number of hydrogen-bond donors (Lipinski definition) is 0. The molecule has 1 fully saturated rings. The largest absolute Gasteiger partial charge is 0.369 e. The van der Waals surface area contributed by atoms with Crippen LogP contribution >= 0.6 is 11.3 Å². The maximum atomic E-state index is 4.34. The Labute approximate surface area is 151 Å². The Morgan fingerprint density at radius 3 is 2.28 bits per heavy atom. The molecule has 25 heavy (non-hydrogen) atoms. The smallest absolute Gasteiger partial charge is 0.123 e. The average Bonchev–Trinajstić information content (AvgIpc) is 3.33. The highest BCUT2D eigenvalue weighted by Gasteiger charge is 2.17. The molecule has 7 heteroatoms. The van der Waals surface area contributed by atoms with Gasteiger partial charge >= 0.3 is 0 Å². The lowest BCUT2D eigenvalue weighted by Crippen LogP contribution is -2.47. The monoisotopic (exact) mass is 354 g/mol. The van der Waals surface area contributed by atoms with Gasteiger partial charge in [-0.1, -0.05) is 0 Å². The second-order valence-electron chi connectivity index (χ2n) is 6.33. The van der Waals surface area contributed by atoms with E-state index in [4.69, 9.17) is 0 Å². The van der Waals surface area contributed by atoms with Gasteiger partial charge in [0.2, 0.25) is 0 Å². The van der Waals surface area contributed by atoms with Crippen molar-refractivity contribution in [2.75, 3.05) is 37.6 Å². The highest BCUT2D eigenvalue weighted by molar-refractivity contribution is 7.09. The summed E-state index contributed by atoms with van der Waals surface area (Å²) in [6.07, 6.45) is 4.56. The third-order valence-corrected chi connectivity index (χ3v) is 5.80. The topological polar surface area (TPSA) is 50.1 Å². The van der Waals surface area contributed by atoms with Crippen LogP contribution in [0.5, 0.6) is 0 Å². The summed E-state index contributed by atoms with van der Waals surface area (Å²) < 4.78 is 1.92. The molecule has 6 nitrogen and oxygen atoms in total. The molecule has 3 aromatic rings. The Morgan fingerprint density at radius 2 is 1.64 bits per heavy atom. The van der Waals surface area contributed by atoms with E-state index in [0.717, 1.165) is 44.8 Å². The molecule has 1 aliphatic heterocycles. The molecule has 0 aliphatic carbocycles. The van der Waals surface area contributed by atoms with Crippen molar-refractivity contribution in [3.8, 4) is 5.69 Å². The van der Waals surface area contributed by atoms with Gasteiger partial charge in [0.05, 0.1) is 11.2 Å². The van der Waals surface area contributed by atoms with E-state index < -0.39 is 0 Å². The Balaban J connectivity index is 1.30. The van der Waals surface area contributed by atoms with Crippen molar-refractivity contribution in [1.29, 1.82) is 0 Å². The molecule has 0 atom stereocenters. The van der Waals surface area contributed by atoms with Crippen LogP contribution in [0.1, 0.15) is 10.6 Å². The Bertz CT molecular complexity index is 787. The van der Waals surface area contributed by atoms with Gasteiger partial charge in [-0.15, -0.1) is 21.5 Å². The van der Waals surface area contributed by atoms with Crippen LogP contribution < -0.4 is 4.90 Å². The molecular weight excluding hydrogens is 332 g/mol. The molecule has 0 bridgehead atoms. The molecule has 0 radical (unpaired) electrons. The molecule has 0 amide bonds. The summed E-state index contributed by atoms with van der Waals surface area (Å²) in [7, 11) is 0. The summed E-state index contributed by atoms with van der Waals surface area (Å²) in [5.74, 6) is 0. The number of aryl methyl sites for hydroxylation is 1. The molecule has 0 unspecified atom stereocenters. The molecule has 0 saturated carbocycles. The fourth-order valence-corrected chi connectivity index (χ4v) is 4.00. The lowest BCUT2D eigenvalue weighted by atomic mass is 10.2. The standard InChI is InChI=1S/C18H22N6S/c1-15-18(25-14-19-15)6-7-22-8-10-23(11-9-22)16-2-4-17(5-3-16)24-12-20-21-13-24/h2-5,12-14H,6-11H2,1H3. The Kier molecular flexibility index (Phi) is 4.76. The number of rotatable bonds is 5. The first-order valence-corrected chi connectivity index (χ1v) is 9.49. The van der Waals surface area contributed by atoms with Gasteiger partial charge in [-0.25, -0.2) is 4.98 Å². The molecule has 1 aliphatic rings. The van der Waals surface area contributed by atoms with Crippen molar-refractivity contribution in [3.63, 3.8) is 0 Å². The number of anilines is 1. The number of benzene rings is 1. The molecular formula is C18H22N6S. The predicted octanol–water partition coefficient (Wildman–Crippen LogP) is 2.40. The Morgan fingerprint density at radius 1 is 0.960 bits per heavy atom. The van der Waals surface area contributed by atoms with Gasteiger partial charge in [-0.2, -0.15) is 0 Å². The molecule has 1 saturated heterocycles. The van der Waals surface area contributed by atoms with Crippen LogP contribution in [0.2, 0.25) is 0 Å². The van der Waals surface area contributed by atoms with Crippen molar-refractivity contribution in [2.45, 2.75) is 13.3 Å². The van der Waals surface area contributed by atoms with E-state index >= 15 is 0 Å². The van der Waals surface area contributed by atoms with Crippen molar-refractivity contribution >= 4 is 17.0 Å². The fourth-order valence-electron chi connectivity index (χ4n) is 3.23. The van der Waals surface area contributed by atoms with Gasteiger partial charge in [0.1, 0.15) is 12.7 Å². The molecule has 2 aromatic heterocycles. The zero-order chi connectivity index (χ0) is 17.1. The lowest BCUT2D eigenvalue weighted by Gasteiger charge is -2.36. The molecule has 130 valence electrons. The van der Waals surface area contributed by atoms with Crippen molar-refractivity contribution in [2.24, 2.45) is 0 Å². The van der Waals surface area contributed by atoms with Gasteiger partial charge in [0.15, 0.2) is 0 Å². The minimum absolute atomic E-state index is 1.08. The van der Waals surface area contributed by atoms with E-state index in [1.807, 2.05) is 10.1 Å².